The van der Waals surface area contributed by atoms with Gasteiger partial charge in [-0.05, 0) is 38.1 Å². The number of rotatable bonds is 4. The van der Waals surface area contributed by atoms with Crippen molar-refractivity contribution in [2.24, 2.45) is 5.92 Å². The van der Waals surface area contributed by atoms with Gasteiger partial charge in [-0.15, -0.1) is 0 Å². The van der Waals surface area contributed by atoms with Crippen LogP contribution in [0.3, 0.4) is 0 Å². The Hall–Kier alpha value is -1.13. The molecular weight excluding hydrogens is 316 g/mol. The predicted molar refractivity (Wildman–Crippen MR) is 87.1 cm³/mol. The SMILES string of the molecule is C=C(Br)CN1CCC(C(=O)N(C)c2ccccc2)CC1. The van der Waals surface area contributed by atoms with Crippen molar-refractivity contribution in [3.8, 4) is 0 Å². The summed E-state index contributed by atoms with van der Waals surface area (Å²) in [6.07, 6.45) is 1.85. The minimum absolute atomic E-state index is 0.139. The van der Waals surface area contributed by atoms with Crippen LogP contribution in [0.15, 0.2) is 41.4 Å². The molecule has 1 fully saturated rings. The maximum Gasteiger partial charge on any atom is 0.229 e. The molecule has 0 unspecified atom stereocenters. The van der Waals surface area contributed by atoms with Crippen molar-refractivity contribution in [1.29, 1.82) is 0 Å². The topological polar surface area (TPSA) is 23.6 Å². The number of amides is 1. The Balaban J connectivity index is 1.90. The van der Waals surface area contributed by atoms with Crippen LogP contribution in [0.1, 0.15) is 12.8 Å². The summed E-state index contributed by atoms with van der Waals surface area (Å²) in [7, 11) is 1.87. The summed E-state index contributed by atoms with van der Waals surface area (Å²) in [5.41, 5.74) is 0.966. The molecule has 1 amide bonds. The first-order chi connectivity index (χ1) is 9.58. The first-order valence-electron chi connectivity index (χ1n) is 6.96. The molecule has 1 aliphatic rings. The molecule has 0 bridgehead atoms. The van der Waals surface area contributed by atoms with Crippen molar-refractivity contribution in [3.05, 3.63) is 41.4 Å². The number of halogens is 1. The Bertz CT molecular complexity index is 467. The number of likely N-dealkylation sites (tertiary alicyclic amines) is 1. The average Bonchev–Trinajstić information content (AvgIpc) is 2.47. The van der Waals surface area contributed by atoms with Gasteiger partial charge in [0.2, 0.25) is 5.91 Å². The Labute approximate surface area is 129 Å². The monoisotopic (exact) mass is 336 g/mol. The van der Waals surface area contributed by atoms with Crippen LogP contribution in [0.5, 0.6) is 0 Å². The van der Waals surface area contributed by atoms with E-state index in [-0.39, 0.29) is 11.8 Å². The van der Waals surface area contributed by atoms with Crippen LogP contribution in [-0.2, 0) is 4.79 Å². The lowest BCUT2D eigenvalue weighted by molar-refractivity contribution is -0.123. The van der Waals surface area contributed by atoms with Gasteiger partial charge in [-0.25, -0.2) is 0 Å². The summed E-state index contributed by atoms with van der Waals surface area (Å²) >= 11 is 3.40. The average molecular weight is 337 g/mol. The Morgan fingerprint density at radius 1 is 1.35 bits per heavy atom. The van der Waals surface area contributed by atoms with Crippen molar-refractivity contribution in [3.63, 3.8) is 0 Å². The van der Waals surface area contributed by atoms with Crippen molar-refractivity contribution in [2.75, 3.05) is 31.6 Å². The van der Waals surface area contributed by atoms with Gasteiger partial charge in [-0.3, -0.25) is 9.69 Å². The fraction of sp³-hybridized carbons (Fsp3) is 0.438. The van der Waals surface area contributed by atoms with E-state index in [4.69, 9.17) is 0 Å². The van der Waals surface area contributed by atoms with Gasteiger partial charge < -0.3 is 4.90 Å². The van der Waals surface area contributed by atoms with E-state index < -0.39 is 0 Å². The molecule has 1 aromatic carbocycles. The van der Waals surface area contributed by atoms with Gasteiger partial charge in [0.05, 0.1) is 0 Å². The minimum atomic E-state index is 0.139. The Morgan fingerprint density at radius 2 is 1.95 bits per heavy atom. The third-order valence-corrected chi connectivity index (χ3v) is 4.06. The van der Waals surface area contributed by atoms with Crippen LogP contribution >= 0.6 is 15.9 Å². The minimum Gasteiger partial charge on any atom is -0.315 e. The third-order valence-electron chi connectivity index (χ3n) is 3.81. The second-order valence-electron chi connectivity index (χ2n) is 5.30. The number of benzene rings is 1. The Kier molecular flexibility index (Phi) is 5.38. The van der Waals surface area contributed by atoms with Gasteiger partial charge in [-0.2, -0.15) is 0 Å². The molecule has 0 spiro atoms. The molecule has 108 valence electrons. The Morgan fingerprint density at radius 3 is 2.50 bits per heavy atom. The van der Waals surface area contributed by atoms with Crippen molar-refractivity contribution < 1.29 is 4.79 Å². The van der Waals surface area contributed by atoms with Crippen LogP contribution in [0.25, 0.3) is 0 Å². The van der Waals surface area contributed by atoms with E-state index in [9.17, 15) is 4.79 Å². The van der Waals surface area contributed by atoms with Gasteiger partial charge in [0, 0.05) is 29.7 Å². The van der Waals surface area contributed by atoms with Crippen molar-refractivity contribution >= 4 is 27.5 Å². The van der Waals surface area contributed by atoms with Crippen LogP contribution < -0.4 is 4.90 Å². The fourth-order valence-electron chi connectivity index (χ4n) is 2.63. The lowest BCUT2D eigenvalue weighted by atomic mass is 9.95. The number of piperidine rings is 1. The summed E-state index contributed by atoms with van der Waals surface area (Å²) < 4.78 is 1.00. The predicted octanol–water partition coefficient (Wildman–Crippen LogP) is 3.27. The molecule has 4 heteroatoms. The first kappa shape index (κ1) is 15.3. The fourth-order valence-corrected chi connectivity index (χ4v) is 2.99. The van der Waals surface area contributed by atoms with Gasteiger partial charge in [0.1, 0.15) is 0 Å². The molecule has 0 aliphatic carbocycles. The quantitative estimate of drug-likeness (QED) is 0.842. The third kappa shape index (κ3) is 3.93. The number of carbonyl (C=O) groups is 1. The van der Waals surface area contributed by atoms with E-state index in [0.29, 0.717) is 0 Å². The van der Waals surface area contributed by atoms with Gasteiger partial charge in [0.15, 0.2) is 0 Å². The molecule has 1 heterocycles. The number of para-hydroxylation sites is 1. The van der Waals surface area contributed by atoms with Crippen LogP contribution in [0, 0.1) is 5.92 Å². The van der Waals surface area contributed by atoms with Gasteiger partial charge in [0.25, 0.3) is 0 Å². The van der Waals surface area contributed by atoms with E-state index in [1.165, 1.54) is 0 Å². The number of anilines is 1. The van der Waals surface area contributed by atoms with Gasteiger partial charge in [-0.1, -0.05) is 40.7 Å². The maximum atomic E-state index is 12.5. The number of hydrogen-bond acceptors (Lipinski definition) is 2. The molecule has 20 heavy (non-hydrogen) atoms. The highest BCUT2D eigenvalue weighted by atomic mass is 79.9. The molecule has 0 atom stereocenters. The molecule has 1 saturated heterocycles. The number of hydrogen-bond donors (Lipinski definition) is 0. The molecule has 0 saturated carbocycles. The summed E-state index contributed by atoms with van der Waals surface area (Å²) in [6, 6.07) is 9.84. The van der Waals surface area contributed by atoms with Crippen LogP contribution in [0.4, 0.5) is 5.69 Å². The molecule has 3 nitrogen and oxygen atoms in total. The van der Waals surface area contributed by atoms with Crippen LogP contribution in [0.2, 0.25) is 0 Å². The van der Waals surface area contributed by atoms with Crippen molar-refractivity contribution in [1.82, 2.24) is 4.90 Å². The number of nitrogens with zero attached hydrogens (tertiary/aromatic N) is 2. The molecule has 0 N–H and O–H groups in total. The largest absolute Gasteiger partial charge is 0.315 e. The molecule has 2 rings (SSSR count). The van der Waals surface area contributed by atoms with E-state index in [0.717, 1.165) is 42.6 Å². The highest BCUT2D eigenvalue weighted by Gasteiger charge is 2.27. The highest BCUT2D eigenvalue weighted by molar-refractivity contribution is 9.11. The molecule has 0 aromatic heterocycles. The summed E-state index contributed by atoms with van der Waals surface area (Å²) in [4.78, 5) is 16.6. The molecule has 1 aromatic rings. The van der Waals surface area contributed by atoms with E-state index >= 15 is 0 Å². The summed E-state index contributed by atoms with van der Waals surface area (Å²) in [6.45, 7) is 6.67. The first-order valence-corrected chi connectivity index (χ1v) is 7.75. The maximum absolute atomic E-state index is 12.5. The summed E-state index contributed by atoms with van der Waals surface area (Å²) in [5, 5.41) is 0. The second kappa shape index (κ2) is 7.04. The molecule has 0 radical (unpaired) electrons. The van der Waals surface area contributed by atoms with E-state index in [2.05, 4.69) is 27.4 Å². The van der Waals surface area contributed by atoms with E-state index in [1.807, 2.05) is 37.4 Å². The highest BCUT2D eigenvalue weighted by Crippen LogP contribution is 2.23. The normalized spacial score (nSPS) is 16.9. The van der Waals surface area contributed by atoms with Crippen LogP contribution in [-0.4, -0.2) is 37.5 Å². The lowest BCUT2D eigenvalue weighted by Gasteiger charge is -2.33. The molecule has 1 aliphatic heterocycles. The zero-order chi connectivity index (χ0) is 14.5. The number of carbonyl (C=O) groups excluding carboxylic acids is 1. The zero-order valence-corrected chi connectivity index (χ0v) is 13.5. The standard InChI is InChI=1S/C16H21BrN2O/c1-13(17)12-19-10-8-14(9-11-19)16(20)18(2)15-6-4-3-5-7-15/h3-7,14H,1,8-12H2,2H3. The smallest absolute Gasteiger partial charge is 0.229 e. The van der Waals surface area contributed by atoms with Gasteiger partial charge >= 0.3 is 0 Å². The second-order valence-corrected chi connectivity index (χ2v) is 6.42. The zero-order valence-electron chi connectivity index (χ0n) is 11.9. The van der Waals surface area contributed by atoms with E-state index in [1.54, 1.807) is 4.90 Å². The lowest BCUT2D eigenvalue weighted by Crippen LogP contribution is -2.41. The molecular formula is C16H21BrN2O. The van der Waals surface area contributed by atoms with Crippen molar-refractivity contribution in [2.45, 2.75) is 12.8 Å². The summed E-state index contributed by atoms with van der Waals surface area (Å²) in [5.74, 6) is 0.369.